The highest BCUT2D eigenvalue weighted by atomic mass is 28.4. The number of ether oxygens (including phenoxy) is 4. The molecule has 0 bridgehead atoms. The predicted molar refractivity (Wildman–Crippen MR) is 208 cm³/mol. The van der Waals surface area contributed by atoms with Crippen LogP contribution >= 0.6 is 0 Å². The number of aliphatic hydroxyl groups is 1. The highest BCUT2D eigenvalue weighted by Crippen LogP contribution is 2.39. The quantitative estimate of drug-likeness (QED) is 0.196. The van der Waals surface area contributed by atoms with E-state index < -0.39 is 34.3 Å². The van der Waals surface area contributed by atoms with Crippen LogP contribution in [0.5, 0.6) is 0 Å². The molecule has 2 aromatic rings. The van der Waals surface area contributed by atoms with Crippen LogP contribution in [-0.2, 0) is 27.8 Å². The lowest BCUT2D eigenvalue weighted by Crippen LogP contribution is -2.66. The van der Waals surface area contributed by atoms with Crippen molar-refractivity contribution >= 4 is 27.0 Å². The van der Waals surface area contributed by atoms with E-state index in [9.17, 15) is 5.11 Å². The molecule has 2 aliphatic rings. The minimum absolute atomic E-state index is 0.0114. The summed E-state index contributed by atoms with van der Waals surface area (Å²) in [5.74, 6) is -1.48. The lowest BCUT2D eigenvalue weighted by molar-refractivity contribution is -0.316. The molecule has 2 fully saturated rings. The molecule has 0 radical (unpaired) electrons. The summed E-state index contributed by atoms with van der Waals surface area (Å²) in [7, 11) is -4.47. The highest BCUT2D eigenvalue weighted by molar-refractivity contribution is 6.99. The van der Waals surface area contributed by atoms with Gasteiger partial charge in [-0.2, -0.15) is 0 Å². The van der Waals surface area contributed by atoms with Gasteiger partial charge in [-0.25, -0.2) is 0 Å². The maximum atomic E-state index is 11.4. The maximum Gasteiger partial charge on any atom is 0.261 e. The fourth-order valence-corrected chi connectivity index (χ4v) is 13.1. The first-order valence-corrected chi connectivity index (χ1v) is 23.7. The Morgan fingerprint density at radius 2 is 1.10 bits per heavy atom. The Labute approximate surface area is 306 Å². The molecule has 0 unspecified atom stereocenters. The summed E-state index contributed by atoms with van der Waals surface area (Å²) in [5, 5.41) is 14.1. The molecule has 4 rings (SSSR count). The van der Waals surface area contributed by atoms with Gasteiger partial charge in [0.05, 0.1) is 30.5 Å². The Hall–Kier alpha value is -1.41. The second-order valence-electron chi connectivity index (χ2n) is 18.0. The van der Waals surface area contributed by atoms with Gasteiger partial charge in [0.1, 0.15) is 0 Å². The number of benzene rings is 2. The molecule has 2 aliphatic heterocycles. The van der Waals surface area contributed by atoms with E-state index in [0.29, 0.717) is 26.1 Å². The molecule has 1 N–H and O–H groups in total. The first-order chi connectivity index (χ1) is 23.1. The lowest BCUT2D eigenvalue weighted by Gasteiger charge is -2.45. The molecular weight excluding hydrogens is 661 g/mol. The molecule has 50 heavy (non-hydrogen) atoms. The van der Waals surface area contributed by atoms with Gasteiger partial charge in [-0.15, -0.1) is 0 Å². The van der Waals surface area contributed by atoms with Crippen LogP contribution in [0.15, 0.2) is 60.7 Å². The number of hydrogen-bond acceptors (Lipinski definition) is 7. The Morgan fingerprint density at radius 3 is 1.58 bits per heavy atom. The van der Waals surface area contributed by atoms with Crippen LogP contribution in [0, 0.1) is 0 Å². The largest absolute Gasteiger partial charge is 0.417 e. The topological polar surface area (TPSA) is 75.6 Å². The summed E-state index contributed by atoms with van der Waals surface area (Å²) in [6.45, 7) is 27.4. The van der Waals surface area contributed by atoms with Gasteiger partial charge in [0.25, 0.3) is 8.32 Å². The van der Waals surface area contributed by atoms with Gasteiger partial charge in [0.2, 0.25) is 0 Å². The molecule has 7 nitrogen and oxygen atoms in total. The highest BCUT2D eigenvalue weighted by Gasteiger charge is 2.50. The van der Waals surface area contributed by atoms with E-state index in [1.807, 2.05) is 27.7 Å². The number of hydrogen-bond donors (Lipinski definition) is 1. The molecule has 0 aliphatic carbocycles. The molecule has 2 saturated heterocycles. The van der Waals surface area contributed by atoms with Gasteiger partial charge >= 0.3 is 0 Å². The van der Waals surface area contributed by atoms with Crippen LogP contribution in [0.25, 0.3) is 0 Å². The lowest BCUT2D eigenvalue weighted by atomic mass is 9.95. The van der Waals surface area contributed by atoms with Crippen molar-refractivity contribution in [2.75, 3.05) is 13.2 Å². The SMILES string of the molecule is CC1(C)O[C@H](CC[C@@H](O)[C@H]2C[C@@H](CCO[Si](C)(C)C(C)(C)C)OC(C)(C)O2)C[C@H](CCO[Si](c2ccccc2)(c2ccccc2)C(C)(C)C)O1. The normalized spacial score (nSPS) is 25.3. The molecule has 9 heteroatoms. The summed E-state index contributed by atoms with van der Waals surface area (Å²) in [6, 6.07) is 21.6. The number of rotatable bonds is 14. The summed E-state index contributed by atoms with van der Waals surface area (Å²) >= 11 is 0. The van der Waals surface area contributed by atoms with Crippen molar-refractivity contribution in [2.45, 2.75) is 173 Å². The van der Waals surface area contributed by atoms with Crippen LogP contribution in [0.4, 0.5) is 0 Å². The number of aliphatic hydroxyl groups excluding tert-OH is 1. The average Bonchev–Trinajstić information content (AvgIpc) is 3.00. The zero-order valence-electron chi connectivity index (χ0n) is 33.2. The van der Waals surface area contributed by atoms with Crippen molar-refractivity contribution in [2.24, 2.45) is 0 Å². The summed E-state index contributed by atoms with van der Waals surface area (Å²) < 4.78 is 39.1. The van der Waals surface area contributed by atoms with Crippen molar-refractivity contribution < 1.29 is 32.9 Å². The molecule has 2 aromatic carbocycles. The van der Waals surface area contributed by atoms with Gasteiger partial charge in [-0.3, -0.25) is 0 Å². The first-order valence-electron chi connectivity index (χ1n) is 18.9. The second kappa shape index (κ2) is 16.3. The Kier molecular flexibility index (Phi) is 13.5. The van der Waals surface area contributed by atoms with E-state index in [2.05, 4.69) is 115 Å². The first kappa shape index (κ1) is 41.4. The summed E-state index contributed by atoms with van der Waals surface area (Å²) in [5.41, 5.74) is 0. The van der Waals surface area contributed by atoms with Gasteiger partial charge in [-0.1, -0.05) is 102 Å². The van der Waals surface area contributed by atoms with E-state index in [4.69, 9.17) is 27.8 Å². The molecule has 0 spiro atoms. The van der Waals surface area contributed by atoms with Crippen LogP contribution < -0.4 is 10.4 Å². The van der Waals surface area contributed by atoms with E-state index in [0.717, 1.165) is 25.7 Å². The molecule has 0 aromatic heterocycles. The van der Waals surface area contributed by atoms with Crippen molar-refractivity contribution in [3.8, 4) is 0 Å². The third-order valence-electron chi connectivity index (χ3n) is 10.9. The Bertz CT molecular complexity index is 1280. The predicted octanol–water partition coefficient (Wildman–Crippen LogP) is 8.33. The molecule has 5 atom stereocenters. The Morgan fingerprint density at radius 1 is 0.660 bits per heavy atom. The van der Waals surface area contributed by atoms with Gasteiger partial charge in [0.15, 0.2) is 19.9 Å². The average molecular weight is 729 g/mol. The van der Waals surface area contributed by atoms with E-state index in [1.54, 1.807) is 0 Å². The van der Waals surface area contributed by atoms with Crippen molar-refractivity contribution in [1.29, 1.82) is 0 Å². The fourth-order valence-electron chi connectivity index (χ4n) is 7.44. The van der Waals surface area contributed by atoms with Gasteiger partial charge < -0.3 is 32.9 Å². The third-order valence-corrected chi connectivity index (χ3v) is 20.5. The van der Waals surface area contributed by atoms with Crippen molar-refractivity contribution in [3.05, 3.63) is 60.7 Å². The van der Waals surface area contributed by atoms with Gasteiger partial charge in [-0.05, 0) is 86.9 Å². The van der Waals surface area contributed by atoms with Crippen LogP contribution in [0.3, 0.4) is 0 Å². The van der Waals surface area contributed by atoms with E-state index in [1.165, 1.54) is 10.4 Å². The second-order valence-corrected chi connectivity index (χ2v) is 27.1. The molecule has 282 valence electrons. The van der Waals surface area contributed by atoms with Crippen LogP contribution in [0.1, 0.15) is 108 Å². The molecular formula is C41H68O7Si2. The molecule has 0 saturated carbocycles. The standard InChI is InChI=1S/C41H68O7Si2/c1-38(2,3)49(11,12)43-27-25-33-30-37(48-41(9,10)47-33)36(42)24-23-31-29-32(46-40(7,8)45-31)26-28-44-50(39(4,5)6,34-19-15-13-16-20-34)35-21-17-14-18-22-35/h13-22,31-33,36-37,42H,23-30H2,1-12H3/t31-,32+,33-,36-,37-/m1/s1. The zero-order chi connectivity index (χ0) is 37.0. The third kappa shape index (κ3) is 10.6. The van der Waals surface area contributed by atoms with Gasteiger partial charge in [0, 0.05) is 26.1 Å². The molecule has 2 heterocycles. The van der Waals surface area contributed by atoms with Crippen LogP contribution in [-0.4, -0.2) is 77.0 Å². The zero-order valence-corrected chi connectivity index (χ0v) is 35.2. The summed E-state index contributed by atoms with van der Waals surface area (Å²) in [4.78, 5) is 0. The minimum Gasteiger partial charge on any atom is -0.417 e. The molecule has 0 amide bonds. The Balaban J connectivity index is 1.36. The van der Waals surface area contributed by atoms with Crippen molar-refractivity contribution in [3.63, 3.8) is 0 Å². The van der Waals surface area contributed by atoms with Crippen LogP contribution in [0.2, 0.25) is 23.2 Å². The van der Waals surface area contributed by atoms with E-state index >= 15 is 0 Å². The fraction of sp³-hybridized carbons (Fsp3) is 0.707. The minimum atomic E-state index is -2.63. The monoisotopic (exact) mass is 728 g/mol. The smallest absolute Gasteiger partial charge is 0.261 e. The maximum absolute atomic E-state index is 11.4. The van der Waals surface area contributed by atoms with Crippen molar-refractivity contribution in [1.82, 2.24) is 0 Å². The summed E-state index contributed by atoms with van der Waals surface area (Å²) in [6.07, 6.45) is 3.27. The van der Waals surface area contributed by atoms with E-state index in [-0.39, 0.29) is 34.5 Å².